The Morgan fingerprint density at radius 2 is 1.86 bits per heavy atom. The molecule has 0 amide bonds. The second kappa shape index (κ2) is 5.97. The van der Waals surface area contributed by atoms with Gasteiger partial charge < -0.3 is 0 Å². The summed E-state index contributed by atoms with van der Waals surface area (Å²) in [5.41, 5.74) is 2.04. The van der Waals surface area contributed by atoms with Crippen LogP contribution in [0.15, 0.2) is 55.0 Å². The highest BCUT2D eigenvalue weighted by Gasteiger charge is 2.10. The fourth-order valence-electron chi connectivity index (χ4n) is 1.99. The summed E-state index contributed by atoms with van der Waals surface area (Å²) in [6, 6.07) is 10.3. The summed E-state index contributed by atoms with van der Waals surface area (Å²) in [6.07, 6.45) is 5.34. The lowest BCUT2D eigenvalue weighted by Crippen LogP contribution is -1.98. The van der Waals surface area contributed by atoms with E-state index in [1.54, 1.807) is 42.9 Å². The summed E-state index contributed by atoms with van der Waals surface area (Å²) in [4.78, 5) is 12.6. The zero-order chi connectivity index (χ0) is 14.7. The standard InChI is InChI=1S/C16H11ClFN3/c17-15-13(8-11-4-1-2-6-14(11)18)10-20-16(21-15)12-5-3-7-19-9-12/h1-7,9-10H,8H2. The van der Waals surface area contributed by atoms with Crippen molar-refractivity contribution in [3.8, 4) is 11.4 Å². The van der Waals surface area contributed by atoms with Crippen molar-refractivity contribution in [2.75, 3.05) is 0 Å². The Hall–Kier alpha value is -2.33. The number of rotatable bonds is 3. The van der Waals surface area contributed by atoms with Gasteiger partial charge in [-0.3, -0.25) is 4.98 Å². The summed E-state index contributed by atoms with van der Waals surface area (Å²) < 4.78 is 13.7. The first kappa shape index (κ1) is 13.6. The van der Waals surface area contributed by atoms with Crippen LogP contribution in [0.4, 0.5) is 4.39 Å². The van der Waals surface area contributed by atoms with Crippen LogP contribution >= 0.6 is 11.6 Å². The quantitative estimate of drug-likeness (QED) is 0.688. The molecule has 0 aliphatic rings. The van der Waals surface area contributed by atoms with Crippen molar-refractivity contribution in [3.05, 3.63) is 77.1 Å². The molecule has 2 heterocycles. The maximum absolute atomic E-state index is 13.7. The van der Waals surface area contributed by atoms with E-state index in [-0.39, 0.29) is 5.82 Å². The molecule has 0 spiro atoms. The van der Waals surface area contributed by atoms with Crippen molar-refractivity contribution in [2.24, 2.45) is 0 Å². The van der Waals surface area contributed by atoms with Gasteiger partial charge in [0, 0.05) is 36.1 Å². The Morgan fingerprint density at radius 3 is 2.57 bits per heavy atom. The third-order valence-corrected chi connectivity index (χ3v) is 3.40. The molecular formula is C16H11ClFN3. The average Bonchev–Trinajstić information content (AvgIpc) is 2.52. The van der Waals surface area contributed by atoms with Gasteiger partial charge in [-0.05, 0) is 23.8 Å². The molecule has 0 atom stereocenters. The lowest BCUT2D eigenvalue weighted by Gasteiger charge is -2.06. The Morgan fingerprint density at radius 1 is 1.00 bits per heavy atom. The predicted molar refractivity (Wildman–Crippen MR) is 79.5 cm³/mol. The van der Waals surface area contributed by atoms with E-state index in [0.29, 0.717) is 28.5 Å². The highest BCUT2D eigenvalue weighted by Crippen LogP contribution is 2.21. The first-order valence-corrected chi connectivity index (χ1v) is 6.77. The highest BCUT2D eigenvalue weighted by atomic mass is 35.5. The third kappa shape index (κ3) is 3.06. The van der Waals surface area contributed by atoms with E-state index in [1.165, 1.54) is 6.07 Å². The van der Waals surface area contributed by atoms with Gasteiger partial charge >= 0.3 is 0 Å². The number of aromatic nitrogens is 3. The fourth-order valence-corrected chi connectivity index (χ4v) is 2.18. The minimum absolute atomic E-state index is 0.259. The molecule has 3 nitrogen and oxygen atoms in total. The maximum Gasteiger partial charge on any atom is 0.162 e. The number of pyridine rings is 1. The lowest BCUT2D eigenvalue weighted by atomic mass is 10.1. The Bertz CT molecular complexity index is 762. The molecule has 0 saturated carbocycles. The maximum atomic E-state index is 13.7. The molecule has 0 saturated heterocycles. The van der Waals surface area contributed by atoms with Crippen molar-refractivity contribution in [1.82, 2.24) is 15.0 Å². The molecule has 21 heavy (non-hydrogen) atoms. The molecule has 0 aliphatic heterocycles. The largest absolute Gasteiger partial charge is 0.264 e. The number of nitrogens with zero attached hydrogens (tertiary/aromatic N) is 3. The van der Waals surface area contributed by atoms with Gasteiger partial charge in [0.2, 0.25) is 0 Å². The Kier molecular flexibility index (Phi) is 3.88. The van der Waals surface area contributed by atoms with Gasteiger partial charge in [0.1, 0.15) is 11.0 Å². The van der Waals surface area contributed by atoms with Gasteiger partial charge in [-0.25, -0.2) is 14.4 Å². The second-order valence-electron chi connectivity index (χ2n) is 4.52. The van der Waals surface area contributed by atoms with Crippen molar-refractivity contribution in [2.45, 2.75) is 6.42 Å². The van der Waals surface area contributed by atoms with Gasteiger partial charge in [0.05, 0.1) is 0 Å². The number of halogens is 2. The summed E-state index contributed by atoms with van der Waals surface area (Å²) in [7, 11) is 0. The fraction of sp³-hybridized carbons (Fsp3) is 0.0625. The summed E-state index contributed by atoms with van der Waals surface area (Å²) in [5.74, 6) is 0.246. The monoisotopic (exact) mass is 299 g/mol. The van der Waals surface area contributed by atoms with Gasteiger partial charge in [-0.15, -0.1) is 0 Å². The molecule has 0 aliphatic carbocycles. The normalized spacial score (nSPS) is 10.6. The molecule has 0 fully saturated rings. The molecule has 0 radical (unpaired) electrons. The number of hydrogen-bond acceptors (Lipinski definition) is 3. The molecule has 5 heteroatoms. The van der Waals surface area contributed by atoms with Crippen LogP contribution in [0, 0.1) is 5.82 Å². The van der Waals surface area contributed by atoms with Crippen LogP contribution in [0.1, 0.15) is 11.1 Å². The second-order valence-corrected chi connectivity index (χ2v) is 4.88. The van der Waals surface area contributed by atoms with E-state index in [9.17, 15) is 4.39 Å². The number of hydrogen-bond donors (Lipinski definition) is 0. The minimum atomic E-state index is -0.259. The van der Waals surface area contributed by atoms with E-state index in [2.05, 4.69) is 15.0 Å². The van der Waals surface area contributed by atoms with Crippen LogP contribution in [0.25, 0.3) is 11.4 Å². The molecule has 2 aromatic heterocycles. The SMILES string of the molecule is Fc1ccccc1Cc1cnc(-c2cccnc2)nc1Cl. The van der Waals surface area contributed by atoms with Gasteiger partial charge in [0.15, 0.2) is 5.82 Å². The first-order valence-electron chi connectivity index (χ1n) is 6.39. The zero-order valence-electron chi connectivity index (χ0n) is 11.0. The summed E-state index contributed by atoms with van der Waals surface area (Å²) in [6.45, 7) is 0. The van der Waals surface area contributed by atoms with Gasteiger partial charge in [-0.1, -0.05) is 29.8 Å². The van der Waals surface area contributed by atoms with Crippen molar-refractivity contribution in [1.29, 1.82) is 0 Å². The molecular weight excluding hydrogens is 289 g/mol. The van der Waals surface area contributed by atoms with E-state index in [4.69, 9.17) is 11.6 Å². The molecule has 104 valence electrons. The molecule has 3 rings (SSSR count). The van der Waals surface area contributed by atoms with Crippen LogP contribution in [0.2, 0.25) is 5.15 Å². The van der Waals surface area contributed by atoms with Crippen molar-refractivity contribution in [3.63, 3.8) is 0 Å². The van der Waals surface area contributed by atoms with Crippen LogP contribution in [-0.4, -0.2) is 15.0 Å². The topological polar surface area (TPSA) is 38.7 Å². The van der Waals surface area contributed by atoms with Gasteiger partial charge in [0.25, 0.3) is 0 Å². The molecule has 0 N–H and O–H groups in total. The van der Waals surface area contributed by atoms with Crippen LogP contribution < -0.4 is 0 Å². The first-order chi connectivity index (χ1) is 10.2. The predicted octanol–water partition coefficient (Wildman–Crippen LogP) is 3.92. The van der Waals surface area contributed by atoms with E-state index in [1.807, 2.05) is 6.07 Å². The average molecular weight is 300 g/mol. The molecule has 3 aromatic rings. The van der Waals surface area contributed by atoms with Crippen molar-refractivity contribution < 1.29 is 4.39 Å². The Balaban J connectivity index is 1.90. The molecule has 0 unspecified atom stereocenters. The Labute approximate surface area is 126 Å². The van der Waals surface area contributed by atoms with E-state index >= 15 is 0 Å². The zero-order valence-corrected chi connectivity index (χ0v) is 11.8. The van der Waals surface area contributed by atoms with Crippen LogP contribution in [-0.2, 0) is 6.42 Å². The van der Waals surface area contributed by atoms with E-state index < -0.39 is 0 Å². The van der Waals surface area contributed by atoms with E-state index in [0.717, 1.165) is 5.56 Å². The third-order valence-electron chi connectivity index (χ3n) is 3.07. The van der Waals surface area contributed by atoms with Gasteiger partial charge in [-0.2, -0.15) is 0 Å². The number of benzene rings is 1. The van der Waals surface area contributed by atoms with Crippen LogP contribution in [0.5, 0.6) is 0 Å². The van der Waals surface area contributed by atoms with Crippen molar-refractivity contribution >= 4 is 11.6 Å². The molecule has 0 bridgehead atoms. The highest BCUT2D eigenvalue weighted by molar-refractivity contribution is 6.30. The summed E-state index contributed by atoms with van der Waals surface area (Å²) >= 11 is 6.19. The molecule has 1 aromatic carbocycles. The summed E-state index contributed by atoms with van der Waals surface area (Å²) in [5, 5.41) is 0.326. The van der Waals surface area contributed by atoms with Crippen LogP contribution in [0.3, 0.4) is 0 Å². The minimum Gasteiger partial charge on any atom is -0.264 e. The lowest BCUT2D eigenvalue weighted by molar-refractivity contribution is 0.614. The smallest absolute Gasteiger partial charge is 0.162 e.